The van der Waals surface area contributed by atoms with E-state index < -0.39 is 0 Å². The summed E-state index contributed by atoms with van der Waals surface area (Å²) in [6.07, 6.45) is 0. The Labute approximate surface area is 136 Å². The number of carbonyl (C=O) groups excluding carboxylic acids is 1. The van der Waals surface area contributed by atoms with E-state index in [4.69, 9.17) is 16.3 Å². The highest BCUT2D eigenvalue weighted by Crippen LogP contribution is 2.22. The van der Waals surface area contributed by atoms with Gasteiger partial charge in [0, 0.05) is 18.6 Å². The van der Waals surface area contributed by atoms with Crippen molar-refractivity contribution >= 4 is 17.5 Å². The van der Waals surface area contributed by atoms with Gasteiger partial charge in [0.1, 0.15) is 5.75 Å². The van der Waals surface area contributed by atoms with Crippen LogP contribution in [0.15, 0.2) is 42.5 Å². The molecule has 2 aromatic rings. The van der Waals surface area contributed by atoms with Crippen LogP contribution in [0.5, 0.6) is 5.75 Å². The second kappa shape index (κ2) is 7.32. The van der Waals surface area contributed by atoms with Crippen LogP contribution in [0.3, 0.4) is 0 Å². The zero-order valence-electron chi connectivity index (χ0n) is 13.1. The number of carbonyl (C=O) groups is 1. The van der Waals surface area contributed by atoms with E-state index in [1.807, 2.05) is 56.3 Å². The number of nitrogens with zero attached hydrogens (tertiary/aromatic N) is 1. The average molecular weight is 318 g/mol. The van der Waals surface area contributed by atoms with Gasteiger partial charge in [0.25, 0.3) is 5.91 Å². The monoisotopic (exact) mass is 317 g/mol. The Morgan fingerprint density at radius 2 is 1.73 bits per heavy atom. The zero-order valence-corrected chi connectivity index (χ0v) is 13.9. The van der Waals surface area contributed by atoms with Crippen LogP contribution in [-0.4, -0.2) is 24.5 Å². The van der Waals surface area contributed by atoms with E-state index in [0.717, 1.165) is 22.4 Å². The van der Waals surface area contributed by atoms with Crippen LogP contribution in [0.1, 0.15) is 16.7 Å². The Morgan fingerprint density at radius 3 is 2.36 bits per heavy atom. The molecule has 1 amide bonds. The molecule has 4 heteroatoms. The van der Waals surface area contributed by atoms with E-state index in [1.165, 1.54) is 0 Å². The number of benzene rings is 2. The third kappa shape index (κ3) is 4.01. The van der Waals surface area contributed by atoms with Crippen LogP contribution in [0.2, 0.25) is 5.02 Å². The van der Waals surface area contributed by atoms with Crippen molar-refractivity contribution in [1.82, 2.24) is 4.90 Å². The molecular formula is C18H20ClNO2. The molecule has 0 saturated carbocycles. The van der Waals surface area contributed by atoms with Crippen molar-refractivity contribution < 1.29 is 9.53 Å². The van der Waals surface area contributed by atoms with Gasteiger partial charge < -0.3 is 9.64 Å². The number of halogens is 1. The number of ether oxygens (including phenoxy) is 1. The number of hydrogen-bond donors (Lipinski definition) is 0. The highest BCUT2D eigenvalue weighted by atomic mass is 35.5. The topological polar surface area (TPSA) is 29.5 Å². The van der Waals surface area contributed by atoms with E-state index in [0.29, 0.717) is 11.6 Å². The second-order valence-corrected chi connectivity index (χ2v) is 5.76. The molecule has 0 unspecified atom stereocenters. The molecule has 0 spiro atoms. The predicted molar refractivity (Wildman–Crippen MR) is 89.3 cm³/mol. The van der Waals surface area contributed by atoms with Gasteiger partial charge >= 0.3 is 0 Å². The van der Waals surface area contributed by atoms with Crippen LogP contribution < -0.4 is 4.74 Å². The minimum atomic E-state index is -0.0810. The van der Waals surface area contributed by atoms with Crippen molar-refractivity contribution in [3.8, 4) is 5.75 Å². The first-order chi connectivity index (χ1) is 10.5. The molecule has 0 atom stereocenters. The van der Waals surface area contributed by atoms with Crippen LogP contribution in [0, 0.1) is 13.8 Å². The van der Waals surface area contributed by atoms with Gasteiger partial charge in [0.2, 0.25) is 0 Å². The Balaban J connectivity index is 1.96. The summed E-state index contributed by atoms with van der Waals surface area (Å²) in [7, 11) is 1.75. The number of para-hydroxylation sites is 1. The van der Waals surface area contributed by atoms with Crippen LogP contribution in [0.4, 0.5) is 0 Å². The first-order valence-electron chi connectivity index (χ1n) is 7.15. The maximum Gasteiger partial charge on any atom is 0.260 e. The lowest BCUT2D eigenvalue weighted by atomic mass is 10.1. The Bertz CT molecular complexity index is 650. The SMILES string of the molecule is Cc1cccc(C)c1OCC(=O)N(C)Cc1ccccc1Cl. The van der Waals surface area contributed by atoms with Gasteiger partial charge in [-0.1, -0.05) is 48.0 Å². The summed E-state index contributed by atoms with van der Waals surface area (Å²) in [6, 6.07) is 13.4. The number of likely N-dealkylation sites (N-methyl/N-ethyl adjacent to an activating group) is 1. The molecular weight excluding hydrogens is 298 g/mol. The molecule has 0 N–H and O–H groups in total. The molecule has 0 radical (unpaired) electrons. The quantitative estimate of drug-likeness (QED) is 0.834. The number of hydrogen-bond acceptors (Lipinski definition) is 2. The highest BCUT2D eigenvalue weighted by Gasteiger charge is 2.13. The lowest BCUT2D eigenvalue weighted by molar-refractivity contribution is -0.132. The van der Waals surface area contributed by atoms with Gasteiger partial charge in [0.15, 0.2) is 6.61 Å². The maximum absolute atomic E-state index is 12.2. The molecule has 0 fully saturated rings. The molecule has 0 heterocycles. The summed E-state index contributed by atoms with van der Waals surface area (Å²) >= 11 is 6.12. The summed E-state index contributed by atoms with van der Waals surface area (Å²) in [6.45, 7) is 4.43. The Hall–Kier alpha value is -2.00. The molecule has 0 bridgehead atoms. The van der Waals surface area contributed by atoms with E-state index in [9.17, 15) is 4.79 Å². The van der Waals surface area contributed by atoms with Crippen molar-refractivity contribution in [2.45, 2.75) is 20.4 Å². The smallest absolute Gasteiger partial charge is 0.260 e. The number of amides is 1. The average Bonchev–Trinajstić information content (AvgIpc) is 2.48. The fourth-order valence-electron chi connectivity index (χ4n) is 2.24. The van der Waals surface area contributed by atoms with Crippen molar-refractivity contribution in [3.05, 3.63) is 64.2 Å². The predicted octanol–water partition coefficient (Wildman–Crippen LogP) is 3.99. The molecule has 0 aliphatic rings. The van der Waals surface area contributed by atoms with E-state index >= 15 is 0 Å². The molecule has 116 valence electrons. The third-order valence-corrected chi connectivity index (χ3v) is 3.91. The van der Waals surface area contributed by atoms with Crippen molar-refractivity contribution in [2.24, 2.45) is 0 Å². The molecule has 0 aliphatic heterocycles. The molecule has 0 aliphatic carbocycles. The molecule has 0 aromatic heterocycles. The first kappa shape index (κ1) is 16.4. The normalized spacial score (nSPS) is 10.4. The van der Waals surface area contributed by atoms with Crippen molar-refractivity contribution in [2.75, 3.05) is 13.7 Å². The fraction of sp³-hybridized carbons (Fsp3) is 0.278. The number of aryl methyl sites for hydroxylation is 2. The van der Waals surface area contributed by atoms with Gasteiger partial charge in [0.05, 0.1) is 0 Å². The molecule has 0 saturated heterocycles. The largest absolute Gasteiger partial charge is 0.483 e. The van der Waals surface area contributed by atoms with Crippen LogP contribution in [0.25, 0.3) is 0 Å². The minimum absolute atomic E-state index is 0.0205. The highest BCUT2D eigenvalue weighted by molar-refractivity contribution is 6.31. The standard InChI is InChI=1S/C18H20ClNO2/c1-13-7-6-8-14(2)18(13)22-12-17(21)20(3)11-15-9-4-5-10-16(15)19/h4-10H,11-12H2,1-3H3. The van der Waals surface area contributed by atoms with E-state index in [-0.39, 0.29) is 12.5 Å². The fourth-order valence-corrected chi connectivity index (χ4v) is 2.44. The van der Waals surface area contributed by atoms with Crippen molar-refractivity contribution in [3.63, 3.8) is 0 Å². The first-order valence-corrected chi connectivity index (χ1v) is 7.53. The van der Waals surface area contributed by atoms with Crippen LogP contribution >= 0.6 is 11.6 Å². The summed E-state index contributed by atoms with van der Waals surface area (Å²) in [4.78, 5) is 13.8. The summed E-state index contributed by atoms with van der Waals surface area (Å²) in [5.41, 5.74) is 2.98. The van der Waals surface area contributed by atoms with E-state index in [1.54, 1.807) is 11.9 Å². The summed E-state index contributed by atoms with van der Waals surface area (Å²) in [5.74, 6) is 0.699. The molecule has 2 rings (SSSR count). The zero-order chi connectivity index (χ0) is 16.1. The molecule has 22 heavy (non-hydrogen) atoms. The molecule has 2 aromatic carbocycles. The van der Waals surface area contributed by atoms with Gasteiger partial charge in [-0.15, -0.1) is 0 Å². The Morgan fingerprint density at radius 1 is 1.09 bits per heavy atom. The van der Waals surface area contributed by atoms with Gasteiger partial charge in [-0.25, -0.2) is 0 Å². The van der Waals surface area contributed by atoms with Crippen LogP contribution in [-0.2, 0) is 11.3 Å². The van der Waals surface area contributed by atoms with Gasteiger partial charge in [-0.3, -0.25) is 4.79 Å². The Kier molecular flexibility index (Phi) is 5.45. The lowest BCUT2D eigenvalue weighted by Crippen LogP contribution is -2.31. The van der Waals surface area contributed by atoms with Gasteiger partial charge in [-0.2, -0.15) is 0 Å². The maximum atomic E-state index is 12.2. The third-order valence-electron chi connectivity index (χ3n) is 3.54. The summed E-state index contributed by atoms with van der Waals surface area (Å²) in [5, 5.41) is 0.665. The molecule has 3 nitrogen and oxygen atoms in total. The van der Waals surface area contributed by atoms with Gasteiger partial charge in [-0.05, 0) is 36.6 Å². The lowest BCUT2D eigenvalue weighted by Gasteiger charge is -2.19. The van der Waals surface area contributed by atoms with Crippen molar-refractivity contribution in [1.29, 1.82) is 0 Å². The number of rotatable bonds is 5. The van der Waals surface area contributed by atoms with E-state index in [2.05, 4.69) is 0 Å². The summed E-state index contributed by atoms with van der Waals surface area (Å²) < 4.78 is 5.69. The second-order valence-electron chi connectivity index (χ2n) is 5.35. The minimum Gasteiger partial charge on any atom is -0.483 e.